The fourth-order valence-electron chi connectivity index (χ4n) is 1.86. The van der Waals surface area contributed by atoms with Crippen LogP contribution in [0.1, 0.15) is 33.3 Å². The summed E-state index contributed by atoms with van der Waals surface area (Å²) in [4.78, 5) is 0. The van der Waals surface area contributed by atoms with Crippen molar-refractivity contribution in [1.29, 1.82) is 0 Å². The molecule has 3 heteroatoms. The lowest BCUT2D eigenvalue weighted by atomic mass is 9.89. The van der Waals surface area contributed by atoms with Crippen LogP contribution in [0.2, 0.25) is 5.02 Å². The zero-order valence-corrected chi connectivity index (χ0v) is 12.4. The van der Waals surface area contributed by atoms with Crippen molar-refractivity contribution in [2.45, 2.75) is 40.2 Å². The van der Waals surface area contributed by atoms with Gasteiger partial charge in [-0.3, -0.25) is 0 Å². The van der Waals surface area contributed by atoms with E-state index >= 15 is 0 Å². The third-order valence-electron chi connectivity index (χ3n) is 3.36. The van der Waals surface area contributed by atoms with E-state index in [1.165, 1.54) is 6.07 Å². The topological polar surface area (TPSA) is 12.0 Å². The highest BCUT2D eigenvalue weighted by molar-refractivity contribution is 6.30. The predicted octanol–water partition coefficient (Wildman–Crippen LogP) is 4.29. The SMILES string of the molecule is CC(C)NCC(C)C(C)Cc1ccc(F)c(Cl)c1. The van der Waals surface area contributed by atoms with E-state index in [9.17, 15) is 4.39 Å². The Kier molecular flexibility index (Phi) is 6.10. The smallest absolute Gasteiger partial charge is 0.141 e. The molecule has 2 unspecified atom stereocenters. The van der Waals surface area contributed by atoms with Crippen molar-refractivity contribution in [1.82, 2.24) is 5.32 Å². The van der Waals surface area contributed by atoms with Gasteiger partial charge in [0.15, 0.2) is 0 Å². The molecule has 0 spiro atoms. The van der Waals surface area contributed by atoms with Crippen LogP contribution in [-0.4, -0.2) is 12.6 Å². The zero-order valence-electron chi connectivity index (χ0n) is 11.6. The van der Waals surface area contributed by atoms with Gasteiger partial charge in [-0.05, 0) is 42.5 Å². The second-order valence-electron chi connectivity index (χ2n) is 5.47. The summed E-state index contributed by atoms with van der Waals surface area (Å²) in [5.74, 6) is 0.775. The first-order valence-electron chi connectivity index (χ1n) is 6.57. The number of halogens is 2. The average Bonchev–Trinajstić information content (AvgIpc) is 2.30. The van der Waals surface area contributed by atoms with Crippen LogP contribution < -0.4 is 5.32 Å². The van der Waals surface area contributed by atoms with Crippen LogP contribution in [0.25, 0.3) is 0 Å². The largest absolute Gasteiger partial charge is 0.314 e. The molecule has 0 saturated carbocycles. The van der Waals surface area contributed by atoms with Gasteiger partial charge in [-0.25, -0.2) is 4.39 Å². The Morgan fingerprint density at radius 3 is 2.39 bits per heavy atom. The lowest BCUT2D eigenvalue weighted by Gasteiger charge is -2.22. The van der Waals surface area contributed by atoms with Crippen molar-refractivity contribution in [3.8, 4) is 0 Å². The van der Waals surface area contributed by atoms with Gasteiger partial charge >= 0.3 is 0 Å². The van der Waals surface area contributed by atoms with Crippen LogP contribution in [0.3, 0.4) is 0 Å². The third-order valence-corrected chi connectivity index (χ3v) is 3.65. The molecule has 1 aromatic carbocycles. The molecule has 1 N–H and O–H groups in total. The Hall–Kier alpha value is -0.600. The van der Waals surface area contributed by atoms with Crippen LogP contribution in [0.15, 0.2) is 18.2 Å². The molecule has 2 atom stereocenters. The Balaban J connectivity index is 2.52. The molecule has 0 aliphatic heterocycles. The van der Waals surface area contributed by atoms with Gasteiger partial charge in [0.25, 0.3) is 0 Å². The Labute approximate surface area is 115 Å². The molecule has 0 bridgehead atoms. The average molecular weight is 272 g/mol. The Morgan fingerprint density at radius 2 is 1.83 bits per heavy atom. The first-order valence-corrected chi connectivity index (χ1v) is 6.95. The second-order valence-corrected chi connectivity index (χ2v) is 5.88. The molecule has 0 fully saturated rings. The normalized spacial score (nSPS) is 14.8. The summed E-state index contributed by atoms with van der Waals surface area (Å²) in [6, 6.07) is 5.51. The Morgan fingerprint density at radius 1 is 1.17 bits per heavy atom. The van der Waals surface area contributed by atoms with E-state index in [-0.39, 0.29) is 10.8 Å². The summed E-state index contributed by atoms with van der Waals surface area (Å²) < 4.78 is 13.1. The summed E-state index contributed by atoms with van der Waals surface area (Å²) in [6.07, 6.45) is 0.931. The number of hydrogen-bond acceptors (Lipinski definition) is 1. The molecular formula is C15H23ClFN. The van der Waals surface area contributed by atoms with Gasteiger partial charge in [0.1, 0.15) is 5.82 Å². The number of hydrogen-bond donors (Lipinski definition) is 1. The van der Waals surface area contributed by atoms with Crippen molar-refractivity contribution in [3.05, 3.63) is 34.6 Å². The minimum absolute atomic E-state index is 0.215. The monoisotopic (exact) mass is 271 g/mol. The lowest BCUT2D eigenvalue weighted by Crippen LogP contribution is -2.31. The highest BCUT2D eigenvalue weighted by Gasteiger charge is 2.13. The van der Waals surface area contributed by atoms with Crippen LogP contribution in [0.4, 0.5) is 4.39 Å². The van der Waals surface area contributed by atoms with Crippen molar-refractivity contribution < 1.29 is 4.39 Å². The summed E-state index contributed by atoms with van der Waals surface area (Å²) >= 11 is 5.79. The number of benzene rings is 1. The first kappa shape index (κ1) is 15.5. The lowest BCUT2D eigenvalue weighted by molar-refractivity contribution is 0.354. The fraction of sp³-hybridized carbons (Fsp3) is 0.600. The van der Waals surface area contributed by atoms with E-state index < -0.39 is 0 Å². The highest BCUT2D eigenvalue weighted by Crippen LogP contribution is 2.21. The zero-order chi connectivity index (χ0) is 13.7. The molecule has 0 radical (unpaired) electrons. The Bertz CT molecular complexity index is 379. The summed E-state index contributed by atoms with van der Waals surface area (Å²) in [7, 11) is 0. The fourth-order valence-corrected chi connectivity index (χ4v) is 2.07. The van der Waals surface area contributed by atoms with E-state index in [0.717, 1.165) is 18.5 Å². The second kappa shape index (κ2) is 7.10. The van der Waals surface area contributed by atoms with Crippen LogP contribution in [0.5, 0.6) is 0 Å². The maximum atomic E-state index is 13.1. The number of rotatable bonds is 6. The standard InChI is InChI=1S/C15H23ClFN/c1-10(2)18-9-12(4)11(3)7-13-5-6-15(17)14(16)8-13/h5-6,8,10-12,18H,7,9H2,1-4H3. The van der Waals surface area contributed by atoms with Gasteiger partial charge in [-0.2, -0.15) is 0 Å². The molecule has 0 heterocycles. The molecular weight excluding hydrogens is 249 g/mol. The van der Waals surface area contributed by atoms with Gasteiger partial charge in [-0.15, -0.1) is 0 Å². The van der Waals surface area contributed by atoms with E-state index in [0.29, 0.717) is 17.9 Å². The molecule has 1 rings (SSSR count). The summed E-state index contributed by atoms with van der Waals surface area (Å²) in [5.41, 5.74) is 1.10. The predicted molar refractivity (Wildman–Crippen MR) is 76.6 cm³/mol. The van der Waals surface area contributed by atoms with E-state index in [2.05, 4.69) is 33.0 Å². The van der Waals surface area contributed by atoms with Crippen LogP contribution >= 0.6 is 11.6 Å². The molecule has 1 nitrogen and oxygen atoms in total. The van der Waals surface area contributed by atoms with E-state index in [1.807, 2.05) is 6.07 Å². The molecule has 18 heavy (non-hydrogen) atoms. The third kappa shape index (κ3) is 4.95. The number of nitrogens with one attached hydrogen (secondary N) is 1. The molecule has 1 aromatic rings. The molecule has 0 aliphatic rings. The highest BCUT2D eigenvalue weighted by atomic mass is 35.5. The summed E-state index contributed by atoms with van der Waals surface area (Å²) in [6.45, 7) is 9.77. The minimum Gasteiger partial charge on any atom is -0.314 e. The molecule has 0 aromatic heterocycles. The molecule has 0 amide bonds. The van der Waals surface area contributed by atoms with E-state index in [4.69, 9.17) is 11.6 Å². The van der Waals surface area contributed by atoms with Gasteiger partial charge in [0.2, 0.25) is 0 Å². The van der Waals surface area contributed by atoms with Crippen molar-refractivity contribution in [2.75, 3.05) is 6.54 Å². The molecule has 0 aliphatic carbocycles. The molecule has 102 valence electrons. The quantitative estimate of drug-likeness (QED) is 0.814. The van der Waals surface area contributed by atoms with Crippen LogP contribution in [-0.2, 0) is 6.42 Å². The maximum absolute atomic E-state index is 13.1. The summed E-state index contributed by atoms with van der Waals surface area (Å²) in [5, 5.41) is 3.66. The van der Waals surface area contributed by atoms with E-state index in [1.54, 1.807) is 6.07 Å². The van der Waals surface area contributed by atoms with Gasteiger partial charge in [0, 0.05) is 6.04 Å². The van der Waals surface area contributed by atoms with Gasteiger partial charge in [-0.1, -0.05) is 45.4 Å². The van der Waals surface area contributed by atoms with Crippen molar-refractivity contribution >= 4 is 11.6 Å². The molecule has 0 saturated heterocycles. The van der Waals surface area contributed by atoms with Crippen LogP contribution in [0, 0.1) is 17.7 Å². The first-order chi connectivity index (χ1) is 8.40. The van der Waals surface area contributed by atoms with Crippen molar-refractivity contribution in [2.24, 2.45) is 11.8 Å². The van der Waals surface area contributed by atoms with Gasteiger partial charge in [0.05, 0.1) is 5.02 Å². The minimum atomic E-state index is -0.345. The van der Waals surface area contributed by atoms with Gasteiger partial charge < -0.3 is 5.32 Å². The van der Waals surface area contributed by atoms with Crippen molar-refractivity contribution in [3.63, 3.8) is 0 Å². The maximum Gasteiger partial charge on any atom is 0.141 e.